The van der Waals surface area contributed by atoms with Crippen LogP contribution in [0.25, 0.3) is 0 Å². The average Bonchev–Trinajstić information content (AvgIpc) is 2.63. The van der Waals surface area contributed by atoms with Crippen molar-refractivity contribution in [2.24, 2.45) is 0 Å². The van der Waals surface area contributed by atoms with E-state index in [1.807, 2.05) is 0 Å². The average molecular weight is 225 g/mol. The summed E-state index contributed by atoms with van der Waals surface area (Å²) in [4.78, 5) is 0. The van der Waals surface area contributed by atoms with E-state index < -0.39 is 0 Å². The predicted octanol–water partition coefficient (Wildman–Crippen LogP) is 3.28. The van der Waals surface area contributed by atoms with E-state index in [0.29, 0.717) is 12.2 Å². The van der Waals surface area contributed by atoms with Crippen LogP contribution in [0.3, 0.4) is 0 Å². The Balaban J connectivity index is 2.09. The topological polar surface area (TPSA) is 21.3 Å². The molecule has 0 amide bonds. The third-order valence-electron chi connectivity index (χ3n) is 3.11. The van der Waals surface area contributed by atoms with Gasteiger partial charge in [-0.3, -0.25) is 0 Å². The Morgan fingerprint density at radius 1 is 1.38 bits per heavy atom. The summed E-state index contributed by atoms with van der Waals surface area (Å²) >= 11 is 0. The minimum Gasteiger partial charge on any atom is -0.375 e. The molecule has 1 fully saturated rings. The van der Waals surface area contributed by atoms with E-state index in [-0.39, 0.29) is 0 Å². The van der Waals surface area contributed by atoms with E-state index in [2.05, 4.69) is 32.2 Å². The lowest BCUT2D eigenvalue weighted by Gasteiger charge is -2.11. The van der Waals surface area contributed by atoms with Crippen LogP contribution >= 0.6 is 0 Å². The van der Waals surface area contributed by atoms with E-state index in [1.54, 1.807) is 0 Å². The van der Waals surface area contributed by atoms with Gasteiger partial charge in [-0.25, -0.2) is 0 Å². The van der Waals surface area contributed by atoms with Crippen molar-refractivity contribution in [1.29, 1.82) is 0 Å². The SMILES string of the molecule is CCCNCC/C=C(/C)CC1CCC(C)O1. The Kier molecular flexibility index (Phi) is 6.74. The number of nitrogens with one attached hydrogen (secondary N) is 1. The molecule has 0 bridgehead atoms. The smallest absolute Gasteiger partial charge is 0.0616 e. The Bertz CT molecular complexity index is 213. The summed E-state index contributed by atoms with van der Waals surface area (Å²) in [6, 6.07) is 0. The number of hydrogen-bond donors (Lipinski definition) is 1. The molecule has 1 rings (SSSR count). The van der Waals surface area contributed by atoms with Gasteiger partial charge in [-0.1, -0.05) is 18.6 Å². The van der Waals surface area contributed by atoms with E-state index in [0.717, 1.165) is 25.9 Å². The molecule has 1 N–H and O–H groups in total. The van der Waals surface area contributed by atoms with Gasteiger partial charge in [0, 0.05) is 0 Å². The van der Waals surface area contributed by atoms with Crippen molar-refractivity contribution in [2.75, 3.05) is 13.1 Å². The minimum absolute atomic E-state index is 0.476. The Labute approximate surface area is 100 Å². The van der Waals surface area contributed by atoms with Gasteiger partial charge in [0.15, 0.2) is 0 Å². The maximum Gasteiger partial charge on any atom is 0.0616 e. The molecular weight excluding hydrogens is 198 g/mol. The van der Waals surface area contributed by atoms with Gasteiger partial charge in [0.1, 0.15) is 0 Å². The van der Waals surface area contributed by atoms with Crippen LogP contribution in [0, 0.1) is 0 Å². The highest BCUT2D eigenvalue weighted by molar-refractivity contribution is 5.00. The molecule has 2 unspecified atom stereocenters. The first kappa shape index (κ1) is 13.7. The second-order valence-corrected chi connectivity index (χ2v) is 4.94. The fraction of sp³-hybridized carbons (Fsp3) is 0.857. The Hall–Kier alpha value is -0.340. The van der Waals surface area contributed by atoms with Crippen LogP contribution in [0.2, 0.25) is 0 Å². The van der Waals surface area contributed by atoms with Crippen LogP contribution in [0.1, 0.15) is 52.9 Å². The van der Waals surface area contributed by atoms with Crippen LogP contribution in [0.4, 0.5) is 0 Å². The molecule has 94 valence electrons. The second-order valence-electron chi connectivity index (χ2n) is 4.94. The lowest BCUT2D eigenvalue weighted by molar-refractivity contribution is 0.0564. The van der Waals surface area contributed by atoms with Crippen molar-refractivity contribution < 1.29 is 4.74 Å². The summed E-state index contributed by atoms with van der Waals surface area (Å²) in [5.41, 5.74) is 1.48. The molecule has 1 aliphatic heterocycles. The van der Waals surface area contributed by atoms with Crippen LogP contribution < -0.4 is 5.32 Å². The van der Waals surface area contributed by atoms with Crippen molar-refractivity contribution >= 4 is 0 Å². The Morgan fingerprint density at radius 2 is 2.19 bits per heavy atom. The molecule has 0 aliphatic carbocycles. The van der Waals surface area contributed by atoms with E-state index in [4.69, 9.17) is 4.74 Å². The first-order valence-electron chi connectivity index (χ1n) is 6.74. The molecule has 0 radical (unpaired) electrons. The molecule has 2 nitrogen and oxygen atoms in total. The van der Waals surface area contributed by atoms with Crippen molar-refractivity contribution in [3.05, 3.63) is 11.6 Å². The predicted molar refractivity (Wildman–Crippen MR) is 69.7 cm³/mol. The van der Waals surface area contributed by atoms with E-state index in [9.17, 15) is 0 Å². The highest BCUT2D eigenvalue weighted by atomic mass is 16.5. The van der Waals surface area contributed by atoms with E-state index in [1.165, 1.54) is 24.8 Å². The van der Waals surface area contributed by atoms with Gasteiger partial charge in [-0.2, -0.15) is 0 Å². The molecule has 0 aromatic heterocycles. The number of rotatable bonds is 7. The summed E-state index contributed by atoms with van der Waals surface area (Å²) < 4.78 is 5.82. The van der Waals surface area contributed by atoms with Gasteiger partial charge in [0.05, 0.1) is 12.2 Å². The summed E-state index contributed by atoms with van der Waals surface area (Å²) in [6.07, 6.45) is 9.27. The summed E-state index contributed by atoms with van der Waals surface area (Å²) in [6.45, 7) is 8.84. The third kappa shape index (κ3) is 5.66. The van der Waals surface area contributed by atoms with Gasteiger partial charge in [0.2, 0.25) is 0 Å². The molecule has 1 aliphatic rings. The highest BCUT2D eigenvalue weighted by Gasteiger charge is 2.21. The zero-order valence-electron chi connectivity index (χ0n) is 11.1. The minimum atomic E-state index is 0.476. The zero-order chi connectivity index (χ0) is 11.8. The first-order valence-corrected chi connectivity index (χ1v) is 6.74. The first-order chi connectivity index (χ1) is 7.72. The molecular formula is C14H27NO. The van der Waals surface area contributed by atoms with Gasteiger partial charge in [0.25, 0.3) is 0 Å². The zero-order valence-corrected chi connectivity index (χ0v) is 11.1. The van der Waals surface area contributed by atoms with Gasteiger partial charge in [-0.15, -0.1) is 0 Å². The van der Waals surface area contributed by atoms with Crippen molar-refractivity contribution in [3.63, 3.8) is 0 Å². The third-order valence-corrected chi connectivity index (χ3v) is 3.11. The van der Waals surface area contributed by atoms with Crippen molar-refractivity contribution in [2.45, 2.75) is 65.1 Å². The lowest BCUT2D eigenvalue weighted by atomic mass is 10.1. The van der Waals surface area contributed by atoms with Gasteiger partial charge >= 0.3 is 0 Å². The lowest BCUT2D eigenvalue weighted by Crippen LogP contribution is -2.15. The normalized spacial score (nSPS) is 26.3. The van der Waals surface area contributed by atoms with Crippen molar-refractivity contribution in [1.82, 2.24) is 5.32 Å². The second kappa shape index (κ2) is 7.86. The fourth-order valence-corrected chi connectivity index (χ4v) is 2.20. The van der Waals surface area contributed by atoms with Crippen molar-refractivity contribution in [3.8, 4) is 0 Å². The van der Waals surface area contributed by atoms with Crippen LogP contribution in [-0.2, 0) is 4.74 Å². The molecule has 1 saturated heterocycles. The fourth-order valence-electron chi connectivity index (χ4n) is 2.20. The number of hydrogen-bond acceptors (Lipinski definition) is 2. The molecule has 0 saturated carbocycles. The quantitative estimate of drug-likeness (QED) is 0.530. The van der Waals surface area contributed by atoms with Crippen LogP contribution in [0.5, 0.6) is 0 Å². The Morgan fingerprint density at radius 3 is 2.81 bits per heavy atom. The molecule has 2 heteroatoms. The van der Waals surface area contributed by atoms with Gasteiger partial charge in [-0.05, 0) is 59.0 Å². The summed E-state index contributed by atoms with van der Waals surface area (Å²) in [7, 11) is 0. The summed E-state index contributed by atoms with van der Waals surface area (Å²) in [5, 5.41) is 3.42. The summed E-state index contributed by atoms with van der Waals surface area (Å²) in [5.74, 6) is 0. The maximum absolute atomic E-state index is 5.82. The largest absolute Gasteiger partial charge is 0.375 e. The van der Waals surface area contributed by atoms with Crippen LogP contribution in [-0.4, -0.2) is 25.3 Å². The highest BCUT2D eigenvalue weighted by Crippen LogP contribution is 2.24. The molecule has 1 heterocycles. The maximum atomic E-state index is 5.82. The van der Waals surface area contributed by atoms with Gasteiger partial charge < -0.3 is 10.1 Å². The van der Waals surface area contributed by atoms with Crippen LogP contribution in [0.15, 0.2) is 11.6 Å². The monoisotopic (exact) mass is 225 g/mol. The molecule has 16 heavy (non-hydrogen) atoms. The number of ether oxygens (including phenoxy) is 1. The standard InChI is InChI=1S/C14H27NO/c1-4-9-15-10-5-6-12(2)11-14-8-7-13(3)16-14/h6,13-15H,4-5,7-11H2,1-3H3/b12-6-. The molecule has 2 atom stereocenters. The van der Waals surface area contributed by atoms with E-state index >= 15 is 0 Å². The molecule has 0 aromatic carbocycles. The molecule has 0 aromatic rings. The molecule has 0 spiro atoms.